The van der Waals surface area contributed by atoms with Crippen LogP contribution in [0.15, 0.2) is 65.8 Å². The number of halogens is 1. The zero-order valence-corrected chi connectivity index (χ0v) is 21.1. The third-order valence-electron chi connectivity index (χ3n) is 4.78. The Labute approximate surface area is 213 Å². The number of methoxy groups -OCH3 is 1. The Morgan fingerprint density at radius 3 is 2.25 bits per heavy atom. The average Bonchev–Trinajstić information content (AvgIpc) is 2.85. The fourth-order valence-corrected chi connectivity index (χ4v) is 4.21. The molecule has 0 unspecified atom stereocenters. The number of ether oxygens (including phenoxy) is 1. The molecule has 2 aromatic carbocycles. The smallest absolute Gasteiger partial charge is 0.263 e. The molecule has 4 aromatic rings. The van der Waals surface area contributed by atoms with Gasteiger partial charge < -0.3 is 21.9 Å². The van der Waals surface area contributed by atoms with Crippen molar-refractivity contribution in [2.45, 2.75) is 18.2 Å². The normalized spacial score (nSPS) is 10.8. The molecular weight excluding hydrogens is 504 g/mol. The second-order valence-electron chi connectivity index (χ2n) is 7.27. The van der Waals surface area contributed by atoms with Crippen LogP contribution in [0.5, 0.6) is 5.88 Å². The molecule has 0 atom stereocenters. The molecule has 0 saturated heterocycles. The summed E-state index contributed by atoms with van der Waals surface area (Å²) in [4.78, 5) is 15.9. The largest absolute Gasteiger partial charge is 0.481 e. The van der Waals surface area contributed by atoms with Crippen molar-refractivity contribution in [3.63, 3.8) is 0 Å². The van der Waals surface area contributed by atoms with E-state index in [1.165, 1.54) is 43.8 Å². The van der Waals surface area contributed by atoms with Gasteiger partial charge in [0.1, 0.15) is 18.0 Å². The van der Waals surface area contributed by atoms with Crippen molar-refractivity contribution in [2.24, 2.45) is 0 Å². The van der Waals surface area contributed by atoms with E-state index in [0.717, 1.165) is 23.2 Å². The van der Waals surface area contributed by atoms with Crippen LogP contribution in [-0.2, 0) is 16.4 Å². The molecule has 7 N–H and O–H groups in total. The summed E-state index contributed by atoms with van der Waals surface area (Å²) in [7, 11) is -2.28. The van der Waals surface area contributed by atoms with Crippen LogP contribution in [0.25, 0.3) is 11.1 Å². The first kappa shape index (κ1) is 26.4. The van der Waals surface area contributed by atoms with E-state index in [9.17, 15) is 8.42 Å². The fraction of sp³-hybridized carbons (Fsp3) is 0.130. The number of aryl methyl sites for hydroxylation is 1. The minimum atomic E-state index is -3.71. The molecule has 11 nitrogen and oxygen atoms in total. The third kappa shape index (κ3) is 6.71. The summed E-state index contributed by atoms with van der Waals surface area (Å²) < 4.78 is 31.3. The zero-order chi connectivity index (χ0) is 26.3. The Morgan fingerprint density at radius 2 is 1.64 bits per heavy atom. The first-order valence-corrected chi connectivity index (χ1v) is 12.4. The monoisotopic (exact) mass is 528 g/mol. The van der Waals surface area contributed by atoms with E-state index < -0.39 is 10.0 Å². The second kappa shape index (κ2) is 11.5. The van der Waals surface area contributed by atoms with E-state index in [1.807, 2.05) is 31.2 Å². The van der Waals surface area contributed by atoms with Crippen LogP contribution in [0.1, 0.15) is 12.6 Å². The molecule has 0 radical (unpaired) electrons. The third-order valence-corrected chi connectivity index (χ3v) is 6.40. The van der Waals surface area contributed by atoms with Crippen LogP contribution in [0, 0.1) is 0 Å². The SMILES string of the molecule is CCc1nc(N)nc(N)c1-c1ccc(Cl)cc1.COc1cc(NS(=O)(=O)c2ccc(N)cc2)ncn1. The highest BCUT2D eigenvalue weighted by Crippen LogP contribution is 2.29. The Hall–Kier alpha value is -4.16. The first-order chi connectivity index (χ1) is 17.1. The van der Waals surface area contributed by atoms with Crippen LogP contribution in [0.4, 0.5) is 23.3 Å². The maximum Gasteiger partial charge on any atom is 0.263 e. The van der Waals surface area contributed by atoms with E-state index in [0.29, 0.717) is 16.5 Å². The van der Waals surface area contributed by atoms with Crippen molar-refractivity contribution >= 4 is 44.9 Å². The second-order valence-corrected chi connectivity index (χ2v) is 9.39. The molecule has 36 heavy (non-hydrogen) atoms. The van der Waals surface area contributed by atoms with E-state index >= 15 is 0 Å². The molecule has 0 aliphatic rings. The molecular formula is C23H25ClN8O3S. The molecule has 0 bridgehead atoms. The number of hydrogen-bond donors (Lipinski definition) is 4. The van der Waals surface area contributed by atoms with Gasteiger partial charge in [-0.3, -0.25) is 4.72 Å². The molecule has 13 heteroatoms. The van der Waals surface area contributed by atoms with E-state index in [4.69, 9.17) is 33.5 Å². The number of hydrogen-bond acceptors (Lipinski definition) is 10. The lowest BCUT2D eigenvalue weighted by atomic mass is 10.0. The van der Waals surface area contributed by atoms with Crippen molar-refractivity contribution in [3.05, 3.63) is 71.6 Å². The molecule has 0 aliphatic heterocycles. The van der Waals surface area contributed by atoms with Gasteiger partial charge in [-0.2, -0.15) is 4.98 Å². The van der Waals surface area contributed by atoms with E-state index in [-0.39, 0.29) is 22.5 Å². The summed E-state index contributed by atoms with van der Waals surface area (Å²) in [6, 6.07) is 14.6. The number of nitrogens with one attached hydrogen (secondary N) is 1. The molecule has 0 aliphatic carbocycles. The average molecular weight is 529 g/mol. The Bertz CT molecular complexity index is 1430. The van der Waals surface area contributed by atoms with Crippen molar-refractivity contribution < 1.29 is 13.2 Å². The topological polar surface area (TPSA) is 185 Å². The highest BCUT2D eigenvalue weighted by molar-refractivity contribution is 7.92. The highest BCUT2D eigenvalue weighted by Gasteiger charge is 2.15. The standard InChI is InChI=1S/C12H13ClN4.C11H12N4O3S/c1-2-9-10(11(14)17-12(15)16-9)7-3-5-8(13)6-4-7;1-18-11-6-10(13-7-14-11)15-19(16,17)9-4-2-8(12)3-5-9/h3-6H,2H2,1H3,(H4,14,15,16,17);2-7H,12H2,1H3,(H,13,14,15). The predicted molar refractivity (Wildman–Crippen MR) is 141 cm³/mol. The maximum absolute atomic E-state index is 12.1. The molecule has 4 rings (SSSR count). The van der Waals surface area contributed by atoms with Crippen LogP contribution in [-0.4, -0.2) is 35.5 Å². The number of aromatic nitrogens is 4. The molecule has 2 aromatic heterocycles. The minimum Gasteiger partial charge on any atom is -0.481 e. The summed E-state index contributed by atoms with van der Waals surface area (Å²) in [5.74, 6) is 1.00. The van der Waals surface area contributed by atoms with Gasteiger partial charge in [-0.15, -0.1) is 0 Å². The fourth-order valence-electron chi connectivity index (χ4n) is 3.08. The summed E-state index contributed by atoms with van der Waals surface area (Å²) in [6.07, 6.45) is 1.95. The van der Waals surface area contributed by atoms with Gasteiger partial charge >= 0.3 is 0 Å². The zero-order valence-electron chi connectivity index (χ0n) is 19.5. The number of nitrogens with two attached hydrogens (primary N) is 3. The lowest BCUT2D eigenvalue weighted by molar-refractivity contribution is 0.397. The van der Waals surface area contributed by atoms with Crippen LogP contribution in [0.3, 0.4) is 0 Å². The number of nitrogens with zero attached hydrogens (tertiary/aromatic N) is 4. The maximum atomic E-state index is 12.1. The van der Waals surface area contributed by atoms with Gasteiger partial charge in [0.2, 0.25) is 11.8 Å². The van der Waals surface area contributed by atoms with Crippen molar-refractivity contribution in [2.75, 3.05) is 29.0 Å². The van der Waals surface area contributed by atoms with Gasteiger partial charge in [0.15, 0.2) is 0 Å². The molecule has 0 spiro atoms. The predicted octanol–water partition coefficient (Wildman–Crippen LogP) is 3.39. The Morgan fingerprint density at radius 1 is 0.972 bits per heavy atom. The lowest BCUT2D eigenvalue weighted by Gasteiger charge is -2.10. The number of nitrogen functional groups attached to an aromatic ring is 3. The van der Waals surface area contributed by atoms with Gasteiger partial charge in [0, 0.05) is 22.3 Å². The number of benzene rings is 2. The number of rotatable bonds is 6. The van der Waals surface area contributed by atoms with E-state index in [1.54, 1.807) is 0 Å². The molecule has 2 heterocycles. The van der Waals surface area contributed by atoms with Gasteiger partial charge in [0.05, 0.1) is 17.7 Å². The van der Waals surface area contributed by atoms with E-state index in [2.05, 4.69) is 24.7 Å². The molecule has 188 valence electrons. The van der Waals surface area contributed by atoms with Crippen molar-refractivity contribution in [3.8, 4) is 17.0 Å². The first-order valence-electron chi connectivity index (χ1n) is 10.5. The highest BCUT2D eigenvalue weighted by atomic mass is 35.5. The van der Waals surface area contributed by atoms with Gasteiger partial charge in [0.25, 0.3) is 10.0 Å². The Kier molecular flexibility index (Phi) is 8.46. The number of sulfonamides is 1. The summed E-state index contributed by atoms with van der Waals surface area (Å²) >= 11 is 5.86. The minimum absolute atomic E-state index is 0.0966. The molecule has 0 amide bonds. The van der Waals surface area contributed by atoms with Crippen molar-refractivity contribution in [1.82, 2.24) is 19.9 Å². The van der Waals surface area contributed by atoms with Gasteiger partial charge in [-0.1, -0.05) is 30.7 Å². The van der Waals surface area contributed by atoms with Crippen molar-refractivity contribution in [1.29, 1.82) is 0 Å². The van der Waals surface area contributed by atoms with Crippen LogP contribution in [0.2, 0.25) is 5.02 Å². The van der Waals surface area contributed by atoms with Crippen LogP contribution >= 0.6 is 11.6 Å². The molecule has 0 fully saturated rings. The summed E-state index contributed by atoms with van der Waals surface area (Å²) in [5, 5.41) is 0.682. The van der Waals surface area contributed by atoms with Crippen LogP contribution < -0.4 is 26.7 Å². The van der Waals surface area contributed by atoms with Gasteiger partial charge in [-0.25, -0.2) is 23.4 Å². The molecule has 0 saturated carbocycles. The lowest BCUT2D eigenvalue weighted by Crippen LogP contribution is -2.14. The number of anilines is 4. The van der Waals surface area contributed by atoms with Gasteiger partial charge in [-0.05, 0) is 48.4 Å². The Balaban J connectivity index is 0.000000202. The quantitative estimate of drug-likeness (QED) is 0.270. The summed E-state index contributed by atoms with van der Waals surface area (Å²) in [5.41, 5.74) is 20.1. The summed E-state index contributed by atoms with van der Waals surface area (Å²) in [6.45, 7) is 2.00.